The minimum absolute atomic E-state index is 0.0659. The minimum Gasteiger partial charge on any atom is -0.350 e. The second-order valence-electron chi connectivity index (χ2n) is 12.3. The molecule has 1 saturated carbocycles. The van der Waals surface area contributed by atoms with E-state index < -0.39 is 23.5 Å². The average molecular weight is 636 g/mol. The summed E-state index contributed by atoms with van der Waals surface area (Å²) in [7, 11) is 6.07. The predicted octanol–water partition coefficient (Wildman–Crippen LogP) is 3.85. The molecule has 5 rings (SSSR count). The molecule has 14 heteroatoms. The van der Waals surface area contributed by atoms with Crippen LogP contribution in [-0.2, 0) is 11.0 Å². The molecule has 0 radical (unpaired) electrons. The minimum atomic E-state index is -4.65. The standard InChI is InChI=1S/C32H33F3N8O3/c1-20-28(27-12-13-38-42(27)25-10-8-21(19-36)9-11-25)41(31(46)40(20)26-7-5-6-23(18-26)32(33,34)35)30(45)39-24-16-22(17-24)29(44)37-14-15-43(2,3)4/h5-13,18,22,24H,14-17H2,1-4H3,(H-,37,39,44,45)/p+1/t22-,24+. The number of benzene rings is 2. The first-order chi connectivity index (χ1) is 21.7. The van der Waals surface area contributed by atoms with Gasteiger partial charge in [-0.2, -0.15) is 23.5 Å². The van der Waals surface area contributed by atoms with Crippen LogP contribution in [0, 0.1) is 24.2 Å². The lowest BCUT2D eigenvalue weighted by Gasteiger charge is -2.35. The van der Waals surface area contributed by atoms with E-state index in [-0.39, 0.29) is 34.9 Å². The molecule has 1 aliphatic rings. The van der Waals surface area contributed by atoms with E-state index >= 15 is 0 Å². The Labute approximate surface area is 263 Å². The number of halogens is 3. The van der Waals surface area contributed by atoms with Crippen LogP contribution in [0.25, 0.3) is 22.8 Å². The fourth-order valence-corrected chi connectivity index (χ4v) is 5.43. The van der Waals surface area contributed by atoms with Crippen molar-refractivity contribution in [3.8, 4) is 28.8 Å². The second kappa shape index (κ2) is 12.3. The highest BCUT2D eigenvalue weighted by atomic mass is 19.4. The van der Waals surface area contributed by atoms with E-state index in [0.29, 0.717) is 40.8 Å². The zero-order chi connectivity index (χ0) is 33.4. The molecule has 0 bridgehead atoms. The normalized spacial score (nSPS) is 16.4. The summed E-state index contributed by atoms with van der Waals surface area (Å²) in [5.41, 5.74) is -0.284. The number of alkyl halides is 3. The Hall–Kier alpha value is -5.16. The van der Waals surface area contributed by atoms with Crippen LogP contribution in [0.3, 0.4) is 0 Å². The van der Waals surface area contributed by atoms with Gasteiger partial charge in [0.05, 0.1) is 80.4 Å². The van der Waals surface area contributed by atoms with Crippen molar-refractivity contribution >= 4 is 11.9 Å². The smallest absolute Gasteiger partial charge is 0.350 e. The Morgan fingerprint density at radius 1 is 1.07 bits per heavy atom. The number of carbonyl (C=O) groups excluding carboxylic acids is 2. The summed E-state index contributed by atoms with van der Waals surface area (Å²) in [6.07, 6.45) is -2.43. The molecule has 240 valence electrons. The van der Waals surface area contributed by atoms with Crippen LogP contribution in [-0.4, -0.2) is 75.6 Å². The monoisotopic (exact) mass is 635 g/mol. The van der Waals surface area contributed by atoms with Crippen LogP contribution in [0.15, 0.2) is 65.6 Å². The fraction of sp³-hybridized carbons (Fsp3) is 0.344. The van der Waals surface area contributed by atoms with Gasteiger partial charge in [0.25, 0.3) is 0 Å². The van der Waals surface area contributed by atoms with E-state index in [1.807, 2.05) is 27.2 Å². The van der Waals surface area contributed by atoms with E-state index in [2.05, 4.69) is 15.7 Å². The topological polar surface area (TPSA) is 127 Å². The molecular weight excluding hydrogens is 601 g/mol. The molecule has 2 amide bonds. The van der Waals surface area contributed by atoms with Gasteiger partial charge >= 0.3 is 17.9 Å². The van der Waals surface area contributed by atoms with Crippen molar-refractivity contribution in [2.24, 2.45) is 5.92 Å². The number of carbonyl (C=O) groups is 2. The highest BCUT2D eigenvalue weighted by Crippen LogP contribution is 2.32. The van der Waals surface area contributed by atoms with Crippen molar-refractivity contribution in [1.29, 1.82) is 5.26 Å². The number of imidazole rings is 1. The van der Waals surface area contributed by atoms with Gasteiger partial charge < -0.3 is 15.1 Å². The number of nitrogens with zero attached hydrogens (tertiary/aromatic N) is 6. The van der Waals surface area contributed by atoms with Crippen LogP contribution >= 0.6 is 0 Å². The maximum absolute atomic E-state index is 14.0. The van der Waals surface area contributed by atoms with Gasteiger partial charge in [0.15, 0.2) is 0 Å². The summed E-state index contributed by atoms with van der Waals surface area (Å²) in [5, 5.41) is 19.3. The first-order valence-corrected chi connectivity index (χ1v) is 14.6. The van der Waals surface area contributed by atoms with Crippen LogP contribution in [0.2, 0.25) is 0 Å². The molecule has 2 heterocycles. The van der Waals surface area contributed by atoms with E-state index in [9.17, 15) is 32.8 Å². The zero-order valence-electron chi connectivity index (χ0n) is 25.8. The molecule has 0 spiro atoms. The summed E-state index contributed by atoms with van der Waals surface area (Å²) in [6.45, 7) is 2.81. The molecule has 46 heavy (non-hydrogen) atoms. The van der Waals surface area contributed by atoms with Gasteiger partial charge in [-0.25, -0.2) is 18.8 Å². The summed E-state index contributed by atoms with van der Waals surface area (Å²) >= 11 is 0. The molecule has 2 N–H and O–H groups in total. The number of hydrogen-bond donors (Lipinski definition) is 2. The fourth-order valence-electron chi connectivity index (χ4n) is 5.43. The Morgan fingerprint density at radius 2 is 1.76 bits per heavy atom. The van der Waals surface area contributed by atoms with Crippen LogP contribution in [0.4, 0.5) is 18.0 Å². The van der Waals surface area contributed by atoms with Crippen molar-refractivity contribution in [1.82, 2.24) is 29.5 Å². The summed E-state index contributed by atoms with van der Waals surface area (Å²) in [5.74, 6) is -0.391. The number of aromatic nitrogens is 4. The number of rotatable bonds is 8. The van der Waals surface area contributed by atoms with Crippen molar-refractivity contribution < 1.29 is 27.2 Å². The number of quaternary nitrogens is 1. The third kappa shape index (κ3) is 6.59. The van der Waals surface area contributed by atoms with Gasteiger partial charge in [-0.15, -0.1) is 0 Å². The van der Waals surface area contributed by atoms with Gasteiger partial charge in [-0.05, 0) is 68.3 Å². The number of likely N-dealkylation sites (N-methyl/N-ethyl adjacent to an activating group) is 1. The number of amides is 2. The second-order valence-corrected chi connectivity index (χ2v) is 12.3. The molecular formula is C32H34F3N8O3+. The first kappa shape index (κ1) is 32.2. The van der Waals surface area contributed by atoms with Gasteiger partial charge in [-0.1, -0.05) is 6.07 Å². The lowest BCUT2D eigenvalue weighted by atomic mass is 9.79. The van der Waals surface area contributed by atoms with Crippen LogP contribution < -0.4 is 16.3 Å². The zero-order valence-corrected chi connectivity index (χ0v) is 25.8. The maximum atomic E-state index is 14.0. The van der Waals surface area contributed by atoms with Crippen LogP contribution in [0.1, 0.15) is 29.7 Å². The molecule has 0 aliphatic heterocycles. The van der Waals surface area contributed by atoms with Crippen molar-refractivity contribution in [2.75, 3.05) is 34.2 Å². The molecule has 1 aliphatic carbocycles. The number of nitriles is 1. The first-order valence-electron chi connectivity index (χ1n) is 14.6. The largest absolute Gasteiger partial charge is 0.416 e. The van der Waals surface area contributed by atoms with Crippen molar-refractivity contribution in [2.45, 2.75) is 32.0 Å². The molecule has 1 fully saturated rings. The highest BCUT2D eigenvalue weighted by molar-refractivity contribution is 5.84. The van der Waals surface area contributed by atoms with E-state index in [1.165, 1.54) is 29.9 Å². The molecule has 0 saturated heterocycles. The third-order valence-electron chi connectivity index (χ3n) is 7.96. The molecule has 0 atom stereocenters. The van der Waals surface area contributed by atoms with Crippen molar-refractivity contribution in [3.05, 3.63) is 88.1 Å². The highest BCUT2D eigenvalue weighted by Gasteiger charge is 2.37. The summed E-state index contributed by atoms with van der Waals surface area (Å²) in [4.78, 5) is 40.3. The van der Waals surface area contributed by atoms with E-state index in [0.717, 1.165) is 27.8 Å². The van der Waals surface area contributed by atoms with Crippen molar-refractivity contribution in [3.63, 3.8) is 0 Å². The van der Waals surface area contributed by atoms with Gasteiger partial charge in [0.2, 0.25) is 5.91 Å². The van der Waals surface area contributed by atoms with E-state index in [4.69, 9.17) is 0 Å². The van der Waals surface area contributed by atoms with E-state index in [1.54, 1.807) is 30.3 Å². The van der Waals surface area contributed by atoms with Gasteiger partial charge in [-0.3, -0.25) is 9.36 Å². The Balaban J connectivity index is 1.50. The lowest BCUT2D eigenvalue weighted by molar-refractivity contribution is -0.869. The van der Waals surface area contributed by atoms with Crippen LogP contribution in [0.5, 0.6) is 0 Å². The Bertz CT molecular complexity index is 1870. The number of hydrogen-bond acceptors (Lipinski definition) is 5. The number of nitrogens with one attached hydrogen (secondary N) is 2. The summed E-state index contributed by atoms with van der Waals surface area (Å²) < 4.78 is 44.9. The lowest BCUT2D eigenvalue weighted by Crippen LogP contribution is -2.52. The van der Waals surface area contributed by atoms with Gasteiger partial charge in [0.1, 0.15) is 5.69 Å². The quantitative estimate of drug-likeness (QED) is 0.285. The molecule has 0 unspecified atom stereocenters. The predicted molar refractivity (Wildman–Crippen MR) is 163 cm³/mol. The molecule has 11 nitrogen and oxygen atoms in total. The average Bonchev–Trinajstić information content (AvgIpc) is 3.55. The third-order valence-corrected chi connectivity index (χ3v) is 7.96. The Kier molecular flexibility index (Phi) is 8.64. The summed E-state index contributed by atoms with van der Waals surface area (Å²) in [6, 6.07) is 13.2. The molecule has 2 aromatic heterocycles. The Morgan fingerprint density at radius 3 is 2.39 bits per heavy atom. The van der Waals surface area contributed by atoms with Gasteiger partial charge in [0, 0.05) is 12.0 Å². The molecule has 2 aromatic carbocycles. The SMILES string of the molecule is Cc1c(-c2ccnn2-c2ccc(C#N)cc2)n(C(=O)N[C@H]2C[C@@H](C(=O)NCC[N+](C)(C)C)C2)c(=O)n1-c1cccc(C(F)(F)F)c1. The molecule has 4 aromatic rings. The maximum Gasteiger partial charge on any atom is 0.416 e.